The van der Waals surface area contributed by atoms with E-state index in [0.29, 0.717) is 12.3 Å². The van der Waals surface area contributed by atoms with E-state index in [4.69, 9.17) is 5.11 Å². The molecule has 4 nitrogen and oxygen atoms in total. The van der Waals surface area contributed by atoms with Crippen molar-refractivity contribution in [2.75, 3.05) is 6.54 Å². The van der Waals surface area contributed by atoms with Crippen LogP contribution in [0.4, 0.5) is 0 Å². The molecule has 0 atom stereocenters. The summed E-state index contributed by atoms with van der Waals surface area (Å²) >= 11 is 0. The first kappa shape index (κ1) is 15.0. The molecule has 0 heterocycles. The van der Waals surface area contributed by atoms with Crippen molar-refractivity contribution in [2.24, 2.45) is 11.8 Å². The van der Waals surface area contributed by atoms with Crippen LogP contribution in [0.25, 0.3) is 0 Å². The van der Waals surface area contributed by atoms with Gasteiger partial charge in [-0.1, -0.05) is 19.8 Å². The average Bonchev–Trinajstić information content (AvgIpc) is 2.37. The predicted octanol–water partition coefficient (Wildman–Crippen LogP) is 2.57. The van der Waals surface area contributed by atoms with E-state index < -0.39 is 5.97 Å². The highest BCUT2D eigenvalue weighted by atomic mass is 16.4. The Hall–Kier alpha value is -1.06. The number of carboxylic acids is 1. The van der Waals surface area contributed by atoms with Gasteiger partial charge in [0.1, 0.15) is 0 Å². The maximum Gasteiger partial charge on any atom is 0.306 e. The van der Waals surface area contributed by atoms with Crippen LogP contribution in [0.3, 0.4) is 0 Å². The van der Waals surface area contributed by atoms with Crippen LogP contribution in [0.2, 0.25) is 0 Å². The average molecular weight is 255 g/mol. The van der Waals surface area contributed by atoms with Crippen molar-refractivity contribution in [2.45, 2.75) is 58.3 Å². The topological polar surface area (TPSA) is 66.4 Å². The molecule has 1 amide bonds. The summed E-state index contributed by atoms with van der Waals surface area (Å²) in [6, 6.07) is 0. The minimum absolute atomic E-state index is 0.142. The summed E-state index contributed by atoms with van der Waals surface area (Å²) in [6.45, 7) is 2.84. The second-order valence-electron chi connectivity index (χ2n) is 5.32. The minimum atomic E-state index is -0.669. The van der Waals surface area contributed by atoms with Gasteiger partial charge in [-0.15, -0.1) is 0 Å². The van der Waals surface area contributed by atoms with Crippen molar-refractivity contribution in [1.29, 1.82) is 0 Å². The first-order chi connectivity index (χ1) is 8.63. The number of carbonyl (C=O) groups excluding carboxylic acids is 1. The van der Waals surface area contributed by atoms with Gasteiger partial charge < -0.3 is 10.4 Å². The third kappa shape index (κ3) is 5.52. The zero-order chi connectivity index (χ0) is 13.4. The van der Waals surface area contributed by atoms with Crippen LogP contribution in [0.15, 0.2) is 0 Å². The highest BCUT2D eigenvalue weighted by molar-refractivity contribution is 5.75. The molecule has 0 aromatic heterocycles. The summed E-state index contributed by atoms with van der Waals surface area (Å²) in [7, 11) is 0. The molecular weight excluding hydrogens is 230 g/mol. The number of hydrogen-bond donors (Lipinski definition) is 2. The number of amides is 1. The van der Waals surface area contributed by atoms with E-state index in [2.05, 4.69) is 12.2 Å². The molecular formula is C14H25NO3. The summed E-state index contributed by atoms with van der Waals surface area (Å²) in [4.78, 5) is 22.3. The van der Waals surface area contributed by atoms with Crippen molar-refractivity contribution >= 4 is 11.9 Å². The van der Waals surface area contributed by atoms with E-state index in [-0.39, 0.29) is 11.8 Å². The molecule has 1 rings (SSSR count). The van der Waals surface area contributed by atoms with E-state index in [1.54, 1.807) is 0 Å². The van der Waals surface area contributed by atoms with Crippen molar-refractivity contribution in [3.05, 3.63) is 0 Å². The van der Waals surface area contributed by atoms with Crippen molar-refractivity contribution in [3.63, 3.8) is 0 Å². The molecule has 4 heteroatoms. The molecule has 0 spiro atoms. The Labute approximate surface area is 109 Å². The maximum absolute atomic E-state index is 11.5. The fraction of sp³-hybridized carbons (Fsp3) is 0.857. The van der Waals surface area contributed by atoms with E-state index in [1.807, 2.05) is 0 Å². The summed E-state index contributed by atoms with van der Waals surface area (Å²) in [6.07, 6.45) is 7.19. The maximum atomic E-state index is 11.5. The molecule has 104 valence electrons. The van der Waals surface area contributed by atoms with Crippen LogP contribution in [0, 0.1) is 11.8 Å². The number of unbranched alkanes of at least 4 members (excludes halogenated alkanes) is 2. The number of rotatable bonds is 7. The van der Waals surface area contributed by atoms with E-state index in [0.717, 1.165) is 51.5 Å². The van der Waals surface area contributed by atoms with E-state index >= 15 is 0 Å². The van der Waals surface area contributed by atoms with Gasteiger partial charge in [0.15, 0.2) is 0 Å². The van der Waals surface area contributed by atoms with Crippen LogP contribution < -0.4 is 5.32 Å². The number of carbonyl (C=O) groups is 2. The van der Waals surface area contributed by atoms with E-state index in [1.165, 1.54) is 0 Å². The number of nitrogens with one attached hydrogen (secondary N) is 1. The summed E-state index contributed by atoms with van der Waals surface area (Å²) in [5, 5.41) is 11.9. The first-order valence-corrected chi connectivity index (χ1v) is 7.13. The minimum Gasteiger partial charge on any atom is -0.481 e. The fourth-order valence-corrected chi connectivity index (χ4v) is 2.50. The molecule has 0 aromatic carbocycles. The third-order valence-electron chi connectivity index (χ3n) is 3.79. The Morgan fingerprint density at radius 2 is 1.83 bits per heavy atom. The van der Waals surface area contributed by atoms with Gasteiger partial charge in [0.05, 0.1) is 5.92 Å². The summed E-state index contributed by atoms with van der Waals surface area (Å²) in [5.41, 5.74) is 0. The van der Waals surface area contributed by atoms with Gasteiger partial charge >= 0.3 is 5.97 Å². The molecule has 0 bridgehead atoms. The molecule has 18 heavy (non-hydrogen) atoms. The third-order valence-corrected chi connectivity index (χ3v) is 3.79. The van der Waals surface area contributed by atoms with Gasteiger partial charge in [0, 0.05) is 13.0 Å². The lowest BCUT2D eigenvalue weighted by atomic mass is 9.82. The van der Waals surface area contributed by atoms with Gasteiger partial charge in [-0.25, -0.2) is 0 Å². The lowest BCUT2D eigenvalue weighted by Crippen LogP contribution is -2.32. The Morgan fingerprint density at radius 3 is 2.39 bits per heavy atom. The number of hydrogen-bond acceptors (Lipinski definition) is 2. The monoisotopic (exact) mass is 255 g/mol. The normalized spacial score (nSPS) is 23.6. The highest BCUT2D eigenvalue weighted by Gasteiger charge is 2.25. The Kier molecular flexibility index (Phi) is 6.76. The lowest BCUT2D eigenvalue weighted by Gasteiger charge is -2.26. The van der Waals surface area contributed by atoms with Crippen LogP contribution >= 0.6 is 0 Å². The van der Waals surface area contributed by atoms with Crippen LogP contribution in [-0.4, -0.2) is 23.5 Å². The molecule has 2 N–H and O–H groups in total. The molecule has 0 aromatic rings. The van der Waals surface area contributed by atoms with Gasteiger partial charge in [-0.2, -0.15) is 0 Å². The second-order valence-corrected chi connectivity index (χ2v) is 5.32. The SMILES string of the molecule is CCCCCC(=O)NCC1CCC(C(=O)O)CC1. The zero-order valence-corrected chi connectivity index (χ0v) is 11.3. The Balaban J connectivity index is 2.10. The van der Waals surface area contributed by atoms with Crippen molar-refractivity contribution in [3.8, 4) is 0 Å². The van der Waals surface area contributed by atoms with Crippen LogP contribution in [0.5, 0.6) is 0 Å². The molecule has 1 saturated carbocycles. The number of carboxylic acid groups (broad SMARTS) is 1. The molecule has 0 saturated heterocycles. The largest absolute Gasteiger partial charge is 0.481 e. The molecule has 1 fully saturated rings. The summed E-state index contributed by atoms with van der Waals surface area (Å²) < 4.78 is 0. The highest BCUT2D eigenvalue weighted by Crippen LogP contribution is 2.28. The first-order valence-electron chi connectivity index (χ1n) is 7.13. The van der Waals surface area contributed by atoms with Crippen molar-refractivity contribution in [1.82, 2.24) is 5.32 Å². The predicted molar refractivity (Wildman–Crippen MR) is 70.2 cm³/mol. The van der Waals surface area contributed by atoms with Gasteiger partial charge in [-0.3, -0.25) is 9.59 Å². The van der Waals surface area contributed by atoms with Gasteiger partial charge in [-0.05, 0) is 38.0 Å². The standard InChI is InChI=1S/C14H25NO3/c1-2-3-4-5-13(16)15-10-11-6-8-12(9-7-11)14(17)18/h11-12H,2-10H2,1H3,(H,15,16)(H,17,18). The fourth-order valence-electron chi connectivity index (χ4n) is 2.50. The smallest absolute Gasteiger partial charge is 0.306 e. The quantitative estimate of drug-likeness (QED) is 0.687. The Bertz CT molecular complexity index is 270. The molecule has 1 aliphatic carbocycles. The molecule has 0 radical (unpaired) electrons. The molecule has 1 aliphatic rings. The Morgan fingerprint density at radius 1 is 1.17 bits per heavy atom. The van der Waals surface area contributed by atoms with Crippen molar-refractivity contribution < 1.29 is 14.7 Å². The summed E-state index contributed by atoms with van der Waals surface area (Å²) in [5.74, 6) is -0.224. The van der Waals surface area contributed by atoms with Gasteiger partial charge in [0.25, 0.3) is 0 Å². The lowest BCUT2D eigenvalue weighted by molar-refractivity contribution is -0.143. The van der Waals surface area contributed by atoms with Crippen LogP contribution in [0.1, 0.15) is 58.3 Å². The van der Waals surface area contributed by atoms with E-state index in [9.17, 15) is 9.59 Å². The second kappa shape index (κ2) is 8.11. The molecule has 0 aliphatic heterocycles. The zero-order valence-electron chi connectivity index (χ0n) is 11.3. The van der Waals surface area contributed by atoms with Crippen LogP contribution in [-0.2, 0) is 9.59 Å². The van der Waals surface area contributed by atoms with Gasteiger partial charge in [0.2, 0.25) is 5.91 Å². The molecule has 0 unspecified atom stereocenters. The number of aliphatic carboxylic acids is 1.